The smallest absolute Gasteiger partial charge is 0.320 e. The molecule has 6 heteroatoms. The van der Waals surface area contributed by atoms with Crippen molar-refractivity contribution in [2.24, 2.45) is 15.0 Å². The first-order chi connectivity index (χ1) is 9.33. The molecule has 3 heterocycles. The van der Waals surface area contributed by atoms with Crippen molar-refractivity contribution in [2.75, 3.05) is 6.61 Å². The van der Waals surface area contributed by atoms with Crippen molar-refractivity contribution in [3.8, 4) is 6.07 Å². The second-order valence-corrected chi connectivity index (χ2v) is 4.04. The lowest BCUT2D eigenvalue weighted by atomic mass is 10.1. The standard InChI is InChI=1S/C13H11N5O/c1-2-6-19-13-16-11-5-3-4-10-15-8-9(7-14)12(17-13)18(10)11/h3-5,8H,2,6H2,1H3. The zero-order valence-electron chi connectivity index (χ0n) is 10.4. The molecule has 94 valence electrons. The molecule has 0 saturated heterocycles. The first-order valence-corrected chi connectivity index (χ1v) is 6.00. The van der Waals surface area contributed by atoms with Crippen LogP contribution in [-0.4, -0.2) is 29.2 Å². The fraction of sp³-hybridized carbons (Fsp3) is 0.231. The second kappa shape index (κ2) is 4.53. The number of ether oxygens (including phenoxy) is 1. The van der Waals surface area contributed by atoms with Crippen LogP contribution in [0.3, 0.4) is 0 Å². The van der Waals surface area contributed by atoms with Crippen molar-refractivity contribution in [3.63, 3.8) is 0 Å². The molecule has 0 spiro atoms. The average molecular weight is 253 g/mol. The van der Waals surface area contributed by atoms with Gasteiger partial charge in [-0.2, -0.15) is 15.2 Å². The highest BCUT2D eigenvalue weighted by molar-refractivity contribution is 6.21. The Hall–Kier alpha value is -2.68. The number of rotatable bonds is 2. The van der Waals surface area contributed by atoms with E-state index in [4.69, 9.17) is 10.00 Å². The number of hydrogen-bond donors (Lipinski definition) is 0. The zero-order chi connectivity index (χ0) is 13.2. The van der Waals surface area contributed by atoms with Crippen molar-refractivity contribution in [3.05, 3.63) is 35.8 Å². The van der Waals surface area contributed by atoms with Gasteiger partial charge in [-0.1, -0.05) is 13.0 Å². The van der Waals surface area contributed by atoms with Crippen molar-refractivity contribution < 1.29 is 4.74 Å². The van der Waals surface area contributed by atoms with E-state index in [0.29, 0.717) is 29.7 Å². The van der Waals surface area contributed by atoms with E-state index < -0.39 is 0 Å². The Labute approximate surface area is 110 Å². The van der Waals surface area contributed by atoms with Crippen LogP contribution in [0, 0.1) is 11.3 Å². The van der Waals surface area contributed by atoms with Gasteiger partial charge in [0.25, 0.3) is 0 Å². The molecule has 0 saturated carbocycles. The number of allylic oxidation sites excluding steroid dienone is 2. The van der Waals surface area contributed by atoms with Gasteiger partial charge in [0.05, 0.1) is 12.8 Å². The highest BCUT2D eigenvalue weighted by Gasteiger charge is 2.31. The molecule has 0 fully saturated rings. The van der Waals surface area contributed by atoms with Gasteiger partial charge in [0.1, 0.15) is 23.3 Å². The number of nitriles is 1. The molecular weight excluding hydrogens is 242 g/mol. The lowest BCUT2D eigenvalue weighted by Crippen LogP contribution is -2.41. The lowest BCUT2D eigenvalue weighted by Gasteiger charge is -2.31. The summed E-state index contributed by atoms with van der Waals surface area (Å²) in [6.07, 6.45) is 7.93. The maximum Gasteiger partial charge on any atom is 0.320 e. The van der Waals surface area contributed by atoms with Crippen LogP contribution in [0.25, 0.3) is 0 Å². The van der Waals surface area contributed by atoms with E-state index in [1.165, 1.54) is 6.20 Å². The number of nitrogens with zero attached hydrogens (tertiary/aromatic N) is 5. The molecule has 3 aliphatic rings. The van der Waals surface area contributed by atoms with Gasteiger partial charge in [0.15, 0.2) is 5.84 Å². The molecule has 0 radical (unpaired) electrons. The molecular formula is C13H11N5O. The second-order valence-electron chi connectivity index (χ2n) is 4.04. The van der Waals surface area contributed by atoms with Gasteiger partial charge in [0.2, 0.25) is 0 Å². The third-order valence-corrected chi connectivity index (χ3v) is 2.69. The van der Waals surface area contributed by atoms with Gasteiger partial charge in [-0.3, -0.25) is 4.90 Å². The van der Waals surface area contributed by atoms with Crippen molar-refractivity contribution >= 4 is 17.7 Å². The summed E-state index contributed by atoms with van der Waals surface area (Å²) >= 11 is 0. The fourth-order valence-electron chi connectivity index (χ4n) is 1.86. The van der Waals surface area contributed by atoms with E-state index in [-0.39, 0.29) is 6.02 Å². The molecule has 0 bridgehead atoms. The Morgan fingerprint density at radius 3 is 3.11 bits per heavy atom. The molecule has 0 aromatic rings. The molecule has 19 heavy (non-hydrogen) atoms. The number of amidine groups is 3. The highest BCUT2D eigenvalue weighted by Crippen LogP contribution is 2.25. The molecule has 6 nitrogen and oxygen atoms in total. The summed E-state index contributed by atoms with van der Waals surface area (Å²) < 4.78 is 5.46. The van der Waals surface area contributed by atoms with Gasteiger partial charge in [-0.25, -0.2) is 4.99 Å². The summed E-state index contributed by atoms with van der Waals surface area (Å²) in [5, 5.41) is 9.14. The van der Waals surface area contributed by atoms with Gasteiger partial charge < -0.3 is 4.74 Å². The first kappa shape index (κ1) is 11.4. The molecule has 0 unspecified atom stereocenters. The molecule has 3 rings (SSSR count). The minimum atomic E-state index is 0.289. The molecule has 0 aliphatic carbocycles. The van der Waals surface area contributed by atoms with Crippen LogP contribution in [0.4, 0.5) is 0 Å². The van der Waals surface area contributed by atoms with Crippen molar-refractivity contribution in [1.82, 2.24) is 4.90 Å². The Morgan fingerprint density at radius 2 is 2.32 bits per heavy atom. The van der Waals surface area contributed by atoms with Gasteiger partial charge >= 0.3 is 6.02 Å². The van der Waals surface area contributed by atoms with E-state index in [1.807, 2.05) is 25.2 Å². The van der Waals surface area contributed by atoms with E-state index in [9.17, 15) is 0 Å². The van der Waals surface area contributed by atoms with Crippen molar-refractivity contribution in [1.29, 1.82) is 5.26 Å². The molecule has 3 aliphatic heterocycles. The van der Waals surface area contributed by atoms with Crippen LogP contribution in [0.5, 0.6) is 0 Å². The topological polar surface area (TPSA) is 73.3 Å². The minimum Gasteiger partial charge on any atom is -0.463 e. The van der Waals surface area contributed by atoms with E-state index in [0.717, 1.165) is 6.42 Å². The molecule has 0 atom stereocenters. The predicted molar refractivity (Wildman–Crippen MR) is 71.3 cm³/mol. The summed E-state index contributed by atoms with van der Waals surface area (Å²) in [7, 11) is 0. The number of aliphatic imine (C=N–C) groups is 3. The number of hydrogen-bond acceptors (Lipinski definition) is 6. The normalized spacial score (nSPS) is 19.4. The van der Waals surface area contributed by atoms with Crippen LogP contribution in [-0.2, 0) is 4.74 Å². The largest absolute Gasteiger partial charge is 0.463 e. The molecule has 0 N–H and O–H groups in total. The third-order valence-electron chi connectivity index (χ3n) is 2.69. The monoisotopic (exact) mass is 253 g/mol. The maximum atomic E-state index is 9.14. The van der Waals surface area contributed by atoms with Crippen LogP contribution in [0.2, 0.25) is 0 Å². The molecule has 0 amide bonds. The zero-order valence-corrected chi connectivity index (χ0v) is 10.4. The quantitative estimate of drug-likeness (QED) is 0.752. The Kier molecular flexibility index (Phi) is 2.72. The van der Waals surface area contributed by atoms with Crippen molar-refractivity contribution in [2.45, 2.75) is 13.3 Å². The van der Waals surface area contributed by atoms with Crippen LogP contribution in [0.15, 0.2) is 50.8 Å². The maximum absolute atomic E-state index is 9.14. The average Bonchev–Trinajstić information content (AvgIpc) is 2.46. The predicted octanol–water partition coefficient (Wildman–Crippen LogP) is 1.71. The van der Waals surface area contributed by atoms with E-state index in [1.54, 1.807) is 4.90 Å². The van der Waals surface area contributed by atoms with E-state index >= 15 is 0 Å². The Bertz CT molecular complexity index is 642. The van der Waals surface area contributed by atoms with Crippen LogP contribution < -0.4 is 0 Å². The van der Waals surface area contributed by atoms with E-state index in [2.05, 4.69) is 21.0 Å². The summed E-state index contributed by atoms with van der Waals surface area (Å²) in [5.74, 6) is 1.89. The summed E-state index contributed by atoms with van der Waals surface area (Å²) in [5.41, 5.74) is 0.400. The van der Waals surface area contributed by atoms with Gasteiger partial charge in [0, 0.05) is 0 Å². The summed E-state index contributed by atoms with van der Waals surface area (Å²) in [4.78, 5) is 14.6. The first-order valence-electron chi connectivity index (χ1n) is 6.00. The molecule has 0 aromatic carbocycles. The Balaban J connectivity index is 2.05. The minimum absolute atomic E-state index is 0.289. The lowest BCUT2D eigenvalue weighted by molar-refractivity contribution is 0.297. The highest BCUT2D eigenvalue weighted by atomic mass is 16.5. The Morgan fingerprint density at radius 1 is 1.42 bits per heavy atom. The van der Waals surface area contributed by atoms with Gasteiger partial charge in [-0.15, -0.1) is 0 Å². The summed E-state index contributed by atoms with van der Waals surface area (Å²) in [6.45, 7) is 2.56. The van der Waals surface area contributed by atoms with Crippen LogP contribution >= 0.6 is 0 Å². The van der Waals surface area contributed by atoms with Gasteiger partial charge in [-0.05, 0) is 18.6 Å². The third kappa shape index (κ3) is 1.85. The SMILES string of the molecule is CCCOC1=NC2=CC=CC3=NC=C(C#N)C(=N1)N23. The summed E-state index contributed by atoms with van der Waals surface area (Å²) in [6, 6.07) is 2.38. The van der Waals surface area contributed by atoms with Crippen LogP contribution in [0.1, 0.15) is 13.3 Å². The molecule has 0 aromatic heterocycles. The fourth-order valence-corrected chi connectivity index (χ4v) is 1.86.